The quantitative estimate of drug-likeness (QED) is 0.0472. The van der Waals surface area contributed by atoms with E-state index in [4.69, 9.17) is 0 Å². The minimum absolute atomic E-state index is 0.0976. The van der Waals surface area contributed by atoms with Crippen LogP contribution in [0.3, 0.4) is 0 Å². The highest BCUT2D eigenvalue weighted by Gasteiger charge is 2.25. The number of hydrogen-bond donors (Lipinski definition) is 0. The fourth-order valence-corrected chi connectivity index (χ4v) is 7.55. The van der Waals surface area contributed by atoms with E-state index in [-0.39, 0.29) is 11.8 Å². The van der Waals surface area contributed by atoms with Crippen LogP contribution in [-0.2, 0) is 9.59 Å². The predicted molar refractivity (Wildman–Crippen MR) is 226 cm³/mol. The highest BCUT2D eigenvalue weighted by Crippen LogP contribution is 2.25. The number of nitrogens with zero attached hydrogens (tertiary/aromatic N) is 2. The SMILES string of the molecule is CCCCCCCCC=CCCCCCCC(CCCC(CCCCCCC=CCCCCCCCC)C(=O)N(CC)CC)C(=O)N(CC)CC. The lowest BCUT2D eigenvalue weighted by molar-refractivity contribution is -0.135. The van der Waals surface area contributed by atoms with Crippen LogP contribution in [0.5, 0.6) is 0 Å². The van der Waals surface area contributed by atoms with Gasteiger partial charge in [-0.3, -0.25) is 9.59 Å². The Labute approximate surface area is 320 Å². The van der Waals surface area contributed by atoms with E-state index in [0.29, 0.717) is 11.8 Å². The Morgan fingerprint density at radius 2 is 0.608 bits per heavy atom. The molecular formula is C47H90N2O2. The summed E-state index contributed by atoms with van der Waals surface area (Å²) in [6.45, 7) is 16.1. The molecule has 0 saturated heterocycles. The van der Waals surface area contributed by atoms with E-state index in [2.05, 4.69) is 65.8 Å². The van der Waals surface area contributed by atoms with Crippen LogP contribution in [0, 0.1) is 11.8 Å². The summed E-state index contributed by atoms with van der Waals surface area (Å²) >= 11 is 0. The number of hydrogen-bond acceptors (Lipinski definition) is 2. The van der Waals surface area contributed by atoms with Crippen molar-refractivity contribution < 1.29 is 9.59 Å². The molecule has 300 valence electrons. The third kappa shape index (κ3) is 28.6. The first kappa shape index (κ1) is 49.4. The number of carbonyl (C=O) groups excluding carboxylic acids is 2. The highest BCUT2D eigenvalue weighted by molar-refractivity contribution is 5.79. The zero-order valence-electron chi connectivity index (χ0n) is 35.5. The molecule has 2 unspecified atom stereocenters. The summed E-state index contributed by atoms with van der Waals surface area (Å²) in [5, 5.41) is 0. The van der Waals surface area contributed by atoms with Crippen LogP contribution in [0.1, 0.15) is 228 Å². The minimum Gasteiger partial charge on any atom is -0.343 e. The molecule has 4 heteroatoms. The number of amides is 2. The van der Waals surface area contributed by atoms with Gasteiger partial charge in [-0.25, -0.2) is 0 Å². The third-order valence-electron chi connectivity index (χ3n) is 11.1. The Hall–Kier alpha value is -1.58. The maximum absolute atomic E-state index is 13.5. The van der Waals surface area contributed by atoms with E-state index < -0.39 is 0 Å². The summed E-state index contributed by atoms with van der Waals surface area (Å²) in [6.07, 6.45) is 45.4. The second-order valence-corrected chi connectivity index (χ2v) is 15.4. The van der Waals surface area contributed by atoms with Crippen LogP contribution < -0.4 is 0 Å². The summed E-state index contributed by atoms with van der Waals surface area (Å²) in [4.78, 5) is 31.1. The molecule has 0 aliphatic carbocycles. The Bertz CT molecular complexity index is 747. The van der Waals surface area contributed by atoms with Crippen molar-refractivity contribution in [2.24, 2.45) is 11.8 Å². The van der Waals surface area contributed by atoms with Crippen molar-refractivity contribution in [1.29, 1.82) is 0 Å². The molecule has 2 atom stereocenters. The summed E-state index contributed by atoms with van der Waals surface area (Å²) in [7, 11) is 0. The molecule has 0 fully saturated rings. The smallest absolute Gasteiger partial charge is 0.225 e. The number of carbonyl (C=O) groups is 2. The third-order valence-corrected chi connectivity index (χ3v) is 11.1. The molecule has 4 nitrogen and oxygen atoms in total. The zero-order chi connectivity index (χ0) is 37.6. The van der Waals surface area contributed by atoms with E-state index in [9.17, 15) is 9.59 Å². The van der Waals surface area contributed by atoms with Gasteiger partial charge in [-0.1, -0.05) is 147 Å². The minimum atomic E-state index is 0.0976. The van der Waals surface area contributed by atoms with Crippen molar-refractivity contribution in [3.63, 3.8) is 0 Å². The van der Waals surface area contributed by atoms with Crippen LogP contribution in [-0.4, -0.2) is 47.8 Å². The summed E-state index contributed by atoms with van der Waals surface area (Å²) in [6, 6.07) is 0. The first-order valence-corrected chi connectivity index (χ1v) is 22.9. The highest BCUT2D eigenvalue weighted by atomic mass is 16.2. The van der Waals surface area contributed by atoms with Gasteiger partial charge in [-0.15, -0.1) is 0 Å². The molecule has 51 heavy (non-hydrogen) atoms. The Morgan fingerprint density at radius 1 is 0.353 bits per heavy atom. The number of unbranched alkanes of at least 4 members (excludes halogenated alkanes) is 20. The average molecular weight is 715 g/mol. The van der Waals surface area contributed by atoms with Crippen molar-refractivity contribution in [2.45, 2.75) is 228 Å². The Morgan fingerprint density at radius 3 is 0.902 bits per heavy atom. The summed E-state index contributed by atoms with van der Waals surface area (Å²) < 4.78 is 0. The van der Waals surface area contributed by atoms with Crippen LogP contribution >= 0.6 is 0 Å². The average Bonchev–Trinajstić information content (AvgIpc) is 3.14. The van der Waals surface area contributed by atoms with Gasteiger partial charge in [-0.2, -0.15) is 0 Å². The molecule has 0 aliphatic rings. The second-order valence-electron chi connectivity index (χ2n) is 15.4. The standard InChI is InChI=1S/C47H90N2O2/c1-7-13-15-17-19-21-23-25-27-29-31-33-35-37-40-44(46(50)48(9-3)10-4)42-39-43-45(47(51)49(11-5)12-6)41-38-36-34-32-30-28-26-24-22-20-18-16-14-8-2/h25-28,44-45H,7-24,29-43H2,1-6H3. The normalized spacial score (nSPS) is 13.0. The molecule has 0 heterocycles. The first-order chi connectivity index (χ1) is 25.0. The van der Waals surface area contributed by atoms with Gasteiger partial charge in [0.05, 0.1) is 0 Å². The molecule has 0 aromatic carbocycles. The van der Waals surface area contributed by atoms with Gasteiger partial charge < -0.3 is 9.80 Å². The van der Waals surface area contributed by atoms with Gasteiger partial charge in [0.25, 0.3) is 0 Å². The number of rotatable bonds is 38. The lowest BCUT2D eigenvalue weighted by Gasteiger charge is -2.27. The van der Waals surface area contributed by atoms with Gasteiger partial charge in [0.15, 0.2) is 0 Å². The lowest BCUT2D eigenvalue weighted by Crippen LogP contribution is -2.37. The fourth-order valence-electron chi connectivity index (χ4n) is 7.55. The topological polar surface area (TPSA) is 40.6 Å². The predicted octanol–water partition coefficient (Wildman–Crippen LogP) is 14.4. The fraction of sp³-hybridized carbons (Fsp3) is 0.872. The van der Waals surface area contributed by atoms with Crippen molar-refractivity contribution in [1.82, 2.24) is 9.80 Å². The molecule has 0 aromatic heterocycles. The molecular weight excluding hydrogens is 625 g/mol. The molecule has 0 spiro atoms. The molecule has 2 amide bonds. The van der Waals surface area contributed by atoms with Gasteiger partial charge >= 0.3 is 0 Å². The molecule has 0 bridgehead atoms. The number of allylic oxidation sites excluding steroid dienone is 4. The van der Waals surface area contributed by atoms with Crippen molar-refractivity contribution >= 4 is 11.8 Å². The zero-order valence-corrected chi connectivity index (χ0v) is 35.5. The van der Waals surface area contributed by atoms with Gasteiger partial charge in [0.1, 0.15) is 0 Å². The monoisotopic (exact) mass is 715 g/mol. The van der Waals surface area contributed by atoms with E-state index in [1.165, 1.54) is 141 Å². The van der Waals surface area contributed by atoms with Crippen molar-refractivity contribution in [3.8, 4) is 0 Å². The molecule has 0 N–H and O–H groups in total. The van der Waals surface area contributed by atoms with E-state index in [1.807, 2.05) is 9.80 Å². The van der Waals surface area contributed by atoms with E-state index >= 15 is 0 Å². The van der Waals surface area contributed by atoms with Crippen LogP contribution in [0.2, 0.25) is 0 Å². The molecule has 0 rings (SSSR count). The van der Waals surface area contributed by atoms with Gasteiger partial charge in [-0.05, 0) is 105 Å². The summed E-state index contributed by atoms with van der Waals surface area (Å²) in [5.74, 6) is 0.872. The molecule has 0 aromatic rings. The van der Waals surface area contributed by atoms with Crippen molar-refractivity contribution in [3.05, 3.63) is 24.3 Å². The van der Waals surface area contributed by atoms with Crippen LogP contribution in [0.15, 0.2) is 24.3 Å². The molecule has 0 radical (unpaired) electrons. The lowest BCUT2D eigenvalue weighted by atomic mass is 9.88. The van der Waals surface area contributed by atoms with Crippen LogP contribution in [0.4, 0.5) is 0 Å². The first-order valence-electron chi connectivity index (χ1n) is 22.9. The van der Waals surface area contributed by atoms with E-state index in [1.54, 1.807) is 0 Å². The molecule has 0 aliphatic heterocycles. The van der Waals surface area contributed by atoms with Crippen LogP contribution in [0.25, 0.3) is 0 Å². The maximum atomic E-state index is 13.5. The van der Waals surface area contributed by atoms with E-state index in [0.717, 1.165) is 71.1 Å². The largest absolute Gasteiger partial charge is 0.343 e. The maximum Gasteiger partial charge on any atom is 0.225 e. The molecule has 0 saturated carbocycles. The van der Waals surface area contributed by atoms with Crippen molar-refractivity contribution in [2.75, 3.05) is 26.2 Å². The Kier molecular flexibility index (Phi) is 37.0. The summed E-state index contributed by atoms with van der Waals surface area (Å²) in [5.41, 5.74) is 0. The second kappa shape index (κ2) is 38.2. The van der Waals surface area contributed by atoms with Gasteiger partial charge in [0, 0.05) is 38.0 Å². The van der Waals surface area contributed by atoms with Gasteiger partial charge in [0.2, 0.25) is 11.8 Å². The Balaban J connectivity index is 4.66.